The summed E-state index contributed by atoms with van der Waals surface area (Å²) in [6.07, 6.45) is 41.1. The minimum absolute atomic E-state index is 0.101. The van der Waals surface area contributed by atoms with Gasteiger partial charge in [0.05, 0.1) is 12.2 Å². The lowest BCUT2D eigenvalue weighted by Gasteiger charge is -2.24. The molecule has 0 aliphatic carbocycles. The second-order valence-electron chi connectivity index (χ2n) is 16.4. The van der Waals surface area contributed by atoms with Gasteiger partial charge in [0.25, 0.3) is 0 Å². The lowest BCUT2D eigenvalue weighted by Crippen LogP contribution is -2.33. The fraction of sp³-hybridized carbons (Fsp3) is 0.978. The standard InChI is InChI=1S/C46H93NO6/c1-5-7-9-11-13-15-17-19-21-22-24-26-28-30-32-34-40-51-44(43-52-45(49)47-37-35-41-53-46(3,4)36-38-48)42-50-39-33-31-29-27-25-23-20-18-16-14-12-10-8-6-2/h44,48H,5-43H2,1-4H3,(H,47,49). The number of hydrogen-bond donors (Lipinski definition) is 2. The number of rotatable bonds is 44. The largest absolute Gasteiger partial charge is 0.447 e. The van der Waals surface area contributed by atoms with Crippen LogP contribution in [0.25, 0.3) is 0 Å². The maximum Gasteiger partial charge on any atom is 0.407 e. The Morgan fingerprint density at radius 1 is 0.528 bits per heavy atom. The van der Waals surface area contributed by atoms with E-state index in [1.165, 1.54) is 180 Å². The molecule has 7 nitrogen and oxygen atoms in total. The molecule has 0 bridgehead atoms. The third kappa shape index (κ3) is 42.1. The van der Waals surface area contributed by atoms with Crippen molar-refractivity contribution in [2.45, 2.75) is 245 Å². The van der Waals surface area contributed by atoms with Gasteiger partial charge < -0.3 is 29.4 Å². The predicted molar refractivity (Wildman–Crippen MR) is 226 cm³/mol. The van der Waals surface area contributed by atoms with E-state index in [-0.39, 0.29) is 24.9 Å². The van der Waals surface area contributed by atoms with Gasteiger partial charge in [-0.3, -0.25) is 0 Å². The van der Waals surface area contributed by atoms with Crippen molar-refractivity contribution in [2.75, 3.05) is 46.2 Å². The monoisotopic (exact) mass is 756 g/mol. The maximum atomic E-state index is 12.4. The molecule has 1 unspecified atom stereocenters. The van der Waals surface area contributed by atoms with Crippen LogP contribution >= 0.6 is 0 Å². The van der Waals surface area contributed by atoms with Gasteiger partial charge in [-0.15, -0.1) is 0 Å². The Hall–Kier alpha value is -0.890. The van der Waals surface area contributed by atoms with Gasteiger partial charge in [-0.25, -0.2) is 4.79 Å². The van der Waals surface area contributed by atoms with Crippen LogP contribution in [0.1, 0.15) is 233 Å². The molecule has 0 aromatic rings. The van der Waals surface area contributed by atoms with E-state index < -0.39 is 6.09 Å². The smallest absolute Gasteiger partial charge is 0.407 e. The number of carbonyl (C=O) groups is 1. The Morgan fingerprint density at radius 3 is 1.34 bits per heavy atom. The van der Waals surface area contributed by atoms with Crippen LogP contribution in [0.2, 0.25) is 0 Å². The second kappa shape index (κ2) is 42.3. The molecule has 1 atom stereocenters. The molecule has 1 amide bonds. The molecule has 0 heterocycles. The summed E-state index contributed by atoms with van der Waals surface area (Å²) in [6, 6.07) is 0. The van der Waals surface area contributed by atoms with E-state index >= 15 is 0 Å². The number of unbranched alkanes of at least 4 members (excludes halogenated alkanes) is 28. The minimum atomic E-state index is -0.428. The summed E-state index contributed by atoms with van der Waals surface area (Å²) in [5.41, 5.74) is -0.362. The van der Waals surface area contributed by atoms with Crippen LogP contribution in [-0.2, 0) is 18.9 Å². The van der Waals surface area contributed by atoms with Gasteiger partial charge in [0.15, 0.2) is 0 Å². The van der Waals surface area contributed by atoms with Crippen molar-refractivity contribution in [1.82, 2.24) is 5.32 Å². The molecule has 0 saturated carbocycles. The van der Waals surface area contributed by atoms with E-state index in [4.69, 9.17) is 24.1 Å². The van der Waals surface area contributed by atoms with Crippen LogP contribution in [-0.4, -0.2) is 69.1 Å². The van der Waals surface area contributed by atoms with Gasteiger partial charge in [-0.05, 0) is 39.5 Å². The van der Waals surface area contributed by atoms with Crippen LogP contribution in [0.4, 0.5) is 4.79 Å². The second-order valence-corrected chi connectivity index (χ2v) is 16.4. The topological polar surface area (TPSA) is 86.3 Å². The first-order valence-electron chi connectivity index (χ1n) is 23.3. The van der Waals surface area contributed by atoms with Crippen molar-refractivity contribution in [3.63, 3.8) is 0 Å². The molecule has 0 saturated heterocycles. The third-order valence-electron chi connectivity index (χ3n) is 10.5. The summed E-state index contributed by atoms with van der Waals surface area (Å²) < 4.78 is 23.5. The molecule has 0 aromatic heterocycles. The van der Waals surface area contributed by atoms with Crippen LogP contribution < -0.4 is 5.32 Å². The minimum Gasteiger partial charge on any atom is -0.447 e. The van der Waals surface area contributed by atoms with Crippen molar-refractivity contribution in [1.29, 1.82) is 0 Å². The lowest BCUT2D eigenvalue weighted by molar-refractivity contribution is -0.0471. The van der Waals surface area contributed by atoms with Gasteiger partial charge in [-0.2, -0.15) is 0 Å². The van der Waals surface area contributed by atoms with Gasteiger partial charge in [0.2, 0.25) is 0 Å². The molecular formula is C46H93NO6. The molecule has 0 radical (unpaired) electrons. The first-order chi connectivity index (χ1) is 25.9. The summed E-state index contributed by atoms with van der Waals surface area (Å²) in [5, 5.41) is 12.0. The molecule has 318 valence electrons. The van der Waals surface area contributed by atoms with E-state index in [1.807, 2.05) is 13.8 Å². The highest BCUT2D eigenvalue weighted by Crippen LogP contribution is 2.16. The summed E-state index contributed by atoms with van der Waals surface area (Å²) >= 11 is 0. The zero-order valence-corrected chi connectivity index (χ0v) is 36.1. The van der Waals surface area contributed by atoms with E-state index in [9.17, 15) is 4.79 Å². The summed E-state index contributed by atoms with van der Waals surface area (Å²) in [4.78, 5) is 12.4. The van der Waals surface area contributed by atoms with E-state index in [0.717, 1.165) is 19.4 Å². The number of ether oxygens (including phenoxy) is 4. The number of aliphatic hydroxyl groups excluding tert-OH is 1. The van der Waals surface area contributed by atoms with Crippen molar-refractivity contribution in [3.05, 3.63) is 0 Å². The lowest BCUT2D eigenvalue weighted by atomic mass is 10.0. The molecule has 0 aliphatic rings. The number of amides is 1. The van der Waals surface area contributed by atoms with Gasteiger partial charge >= 0.3 is 6.09 Å². The average molecular weight is 756 g/mol. The summed E-state index contributed by atoms with van der Waals surface area (Å²) in [6.45, 7) is 11.7. The summed E-state index contributed by atoms with van der Waals surface area (Å²) in [7, 11) is 0. The highest BCUT2D eigenvalue weighted by Gasteiger charge is 2.17. The van der Waals surface area contributed by atoms with Crippen molar-refractivity contribution < 1.29 is 28.8 Å². The van der Waals surface area contributed by atoms with Crippen molar-refractivity contribution in [2.24, 2.45) is 0 Å². The fourth-order valence-electron chi connectivity index (χ4n) is 6.83. The zero-order valence-electron chi connectivity index (χ0n) is 36.1. The van der Waals surface area contributed by atoms with Crippen LogP contribution in [0, 0.1) is 0 Å². The molecule has 0 rings (SSSR count). The van der Waals surface area contributed by atoms with Gasteiger partial charge in [-0.1, -0.05) is 194 Å². The SMILES string of the molecule is CCCCCCCCCCCCCCCCCCOC(COCCCCCCCCCCCCCCCC)COC(=O)NCCCOC(C)(C)CCO. The molecule has 2 N–H and O–H groups in total. The zero-order chi connectivity index (χ0) is 38.8. The van der Waals surface area contributed by atoms with Gasteiger partial charge in [0, 0.05) is 33.0 Å². The van der Waals surface area contributed by atoms with Crippen molar-refractivity contribution in [3.8, 4) is 0 Å². The Bertz CT molecular complexity index is 720. The quantitative estimate of drug-likeness (QED) is 0.0602. The van der Waals surface area contributed by atoms with Gasteiger partial charge in [0.1, 0.15) is 12.7 Å². The van der Waals surface area contributed by atoms with E-state index in [2.05, 4.69) is 19.2 Å². The third-order valence-corrected chi connectivity index (χ3v) is 10.5. The molecule has 0 aromatic carbocycles. The highest BCUT2D eigenvalue weighted by molar-refractivity contribution is 5.67. The van der Waals surface area contributed by atoms with Crippen LogP contribution in [0.3, 0.4) is 0 Å². The number of aliphatic hydroxyl groups is 1. The summed E-state index contributed by atoms with van der Waals surface area (Å²) in [5.74, 6) is 0. The Labute approximate surface area is 330 Å². The predicted octanol–water partition coefficient (Wildman–Crippen LogP) is 13.4. The van der Waals surface area contributed by atoms with Crippen molar-refractivity contribution >= 4 is 6.09 Å². The Morgan fingerprint density at radius 2 is 0.925 bits per heavy atom. The molecule has 0 spiro atoms. The highest BCUT2D eigenvalue weighted by atomic mass is 16.6. The average Bonchev–Trinajstić information content (AvgIpc) is 3.14. The molecule has 53 heavy (non-hydrogen) atoms. The van der Waals surface area contributed by atoms with Crippen LogP contribution in [0.15, 0.2) is 0 Å². The molecule has 0 aliphatic heterocycles. The number of carbonyl (C=O) groups excluding carboxylic acids is 1. The Kier molecular flexibility index (Phi) is 41.5. The number of hydrogen-bond acceptors (Lipinski definition) is 6. The van der Waals surface area contributed by atoms with E-state index in [1.54, 1.807) is 0 Å². The first-order valence-corrected chi connectivity index (χ1v) is 23.3. The molecule has 0 fully saturated rings. The number of nitrogens with one attached hydrogen (secondary N) is 1. The normalized spacial score (nSPS) is 12.4. The maximum absolute atomic E-state index is 12.4. The Balaban J connectivity index is 4.09. The fourth-order valence-corrected chi connectivity index (χ4v) is 6.83. The number of alkyl carbamates (subject to hydrolysis) is 1. The van der Waals surface area contributed by atoms with E-state index in [0.29, 0.717) is 39.2 Å². The first kappa shape index (κ1) is 52.1. The van der Waals surface area contributed by atoms with Crippen LogP contribution in [0.5, 0.6) is 0 Å². The molecular weight excluding hydrogens is 663 g/mol. The molecule has 7 heteroatoms.